The number of carbonyl (C=O) groups is 1. The van der Waals surface area contributed by atoms with Gasteiger partial charge in [0.2, 0.25) is 6.79 Å². The zero-order valence-corrected chi connectivity index (χ0v) is 14.8. The molecular formula is C20H25NO4. The number of ether oxygens (including phenoxy) is 3. The van der Waals surface area contributed by atoms with E-state index in [9.17, 15) is 4.79 Å². The maximum atomic E-state index is 13.2. The summed E-state index contributed by atoms with van der Waals surface area (Å²) in [6.45, 7) is 6.60. The van der Waals surface area contributed by atoms with Gasteiger partial charge in [-0.05, 0) is 48.6 Å². The Hall–Kier alpha value is -1.85. The van der Waals surface area contributed by atoms with Crippen molar-refractivity contribution in [3.63, 3.8) is 0 Å². The molecule has 25 heavy (non-hydrogen) atoms. The number of rotatable bonds is 3. The van der Waals surface area contributed by atoms with Crippen molar-refractivity contribution in [3.05, 3.63) is 29.3 Å². The number of allylic oxidation sites excluding steroid dienone is 1. The van der Waals surface area contributed by atoms with Crippen molar-refractivity contribution in [1.82, 2.24) is 4.90 Å². The van der Waals surface area contributed by atoms with Gasteiger partial charge in [-0.25, -0.2) is 0 Å². The van der Waals surface area contributed by atoms with Gasteiger partial charge in [0.1, 0.15) is 0 Å². The van der Waals surface area contributed by atoms with Crippen LogP contribution in [0.2, 0.25) is 0 Å². The number of hydrogen-bond acceptors (Lipinski definition) is 5. The zero-order valence-electron chi connectivity index (χ0n) is 14.8. The Morgan fingerprint density at radius 2 is 2.00 bits per heavy atom. The fourth-order valence-corrected chi connectivity index (χ4v) is 4.03. The first kappa shape index (κ1) is 16.6. The molecule has 5 nitrogen and oxygen atoms in total. The predicted molar refractivity (Wildman–Crippen MR) is 94.8 cm³/mol. The van der Waals surface area contributed by atoms with Gasteiger partial charge in [0.15, 0.2) is 17.3 Å². The molecule has 1 unspecified atom stereocenters. The van der Waals surface area contributed by atoms with Crippen LogP contribution < -0.4 is 9.47 Å². The van der Waals surface area contributed by atoms with E-state index < -0.39 is 0 Å². The Morgan fingerprint density at radius 1 is 1.20 bits per heavy atom. The van der Waals surface area contributed by atoms with Crippen molar-refractivity contribution in [3.8, 4) is 11.5 Å². The Morgan fingerprint density at radius 3 is 2.84 bits per heavy atom. The van der Waals surface area contributed by atoms with Crippen LogP contribution in [-0.4, -0.2) is 50.3 Å². The molecule has 2 aliphatic heterocycles. The second-order valence-electron chi connectivity index (χ2n) is 7.41. The summed E-state index contributed by atoms with van der Waals surface area (Å²) >= 11 is 0. The van der Waals surface area contributed by atoms with Gasteiger partial charge in [-0.1, -0.05) is 13.0 Å². The third-order valence-electron chi connectivity index (χ3n) is 5.43. The van der Waals surface area contributed by atoms with Crippen LogP contribution in [0.15, 0.2) is 23.8 Å². The first-order valence-electron chi connectivity index (χ1n) is 9.09. The first-order valence-corrected chi connectivity index (χ1v) is 9.09. The Kier molecular flexibility index (Phi) is 4.52. The van der Waals surface area contributed by atoms with Gasteiger partial charge in [-0.3, -0.25) is 9.69 Å². The average Bonchev–Trinajstić information content (AvgIpc) is 3.08. The molecule has 134 valence electrons. The highest BCUT2D eigenvalue weighted by Gasteiger charge is 2.39. The van der Waals surface area contributed by atoms with E-state index in [1.165, 1.54) is 0 Å². The molecule has 0 spiro atoms. The van der Waals surface area contributed by atoms with Crippen LogP contribution in [0.1, 0.15) is 31.7 Å². The highest BCUT2D eigenvalue weighted by Crippen LogP contribution is 2.38. The quantitative estimate of drug-likeness (QED) is 0.790. The molecule has 3 aliphatic rings. The lowest BCUT2D eigenvalue weighted by Crippen LogP contribution is -2.47. The van der Waals surface area contributed by atoms with Gasteiger partial charge in [-0.15, -0.1) is 0 Å². The molecular weight excluding hydrogens is 318 g/mol. The third-order valence-corrected chi connectivity index (χ3v) is 5.43. The number of morpholine rings is 1. The van der Waals surface area contributed by atoms with E-state index in [-0.39, 0.29) is 12.2 Å². The summed E-state index contributed by atoms with van der Waals surface area (Å²) in [6.07, 6.45) is 4.90. The second-order valence-corrected chi connectivity index (χ2v) is 7.41. The van der Waals surface area contributed by atoms with E-state index in [0.29, 0.717) is 5.78 Å². The van der Waals surface area contributed by atoms with E-state index in [0.717, 1.165) is 74.7 Å². The summed E-state index contributed by atoms with van der Waals surface area (Å²) in [7, 11) is 0. The van der Waals surface area contributed by atoms with Crippen molar-refractivity contribution in [2.75, 3.05) is 39.6 Å². The zero-order chi connectivity index (χ0) is 17.3. The van der Waals surface area contributed by atoms with E-state index in [1.807, 2.05) is 24.3 Å². The van der Waals surface area contributed by atoms with Gasteiger partial charge >= 0.3 is 0 Å². The summed E-state index contributed by atoms with van der Waals surface area (Å²) in [6, 6.07) is 5.85. The summed E-state index contributed by atoms with van der Waals surface area (Å²) in [4.78, 5) is 15.5. The van der Waals surface area contributed by atoms with Crippen molar-refractivity contribution in [2.45, 2.75) is 26.2 Å². The number of fused-ring (bicyclic) bond motifs is 1. The highest BCUT2D eigenvalue weighted by atomic mass is 16.7. The van der Waals surface area contributed by atoms with Crippen LogP contribution in [0.4, 0.5) is 0 Å². The predicted octanol–water partition coefficient (Wildman–Crippen LogP) is 2.89. The molecule has 0 amide bonds. The summed E-state index contributed by atoms with van der Waals surface area (Å²) in [5, 5.41) is 0. The minimum atomic E-state index is -0.294. The number of hydrogen-bond donors (Lipinski definition) is 0. The van der Waals surface area contributed by atoms with Gasteiger partial charge in [0, 0.05) is 25.0 Å². The smallest absolute Gasteiger partial charge is 0.231 e. The Balaban J connectivity index is 1.52. The van der Waals surface area contributed by atoms with Crippen LogP contribution >= 0.6 is 0 Å². The lowest BCUT2D eigenvalue weighted by Gasteiger charge is -2.39. The fourth-order valence-electron chi connectivity index (χ4n) is 4.03. The summed E-state index contributed by atoms with van der Waals surface area (Å²) < 4.78 is 16.2. The molecule has 0 bridgehead atoms. The number of nitrogens with zero attached hydrogens (tertiary/aromatic N) is 1. The molecule has 4 rings (SSSR count). The maximum absolute atomic E-state index is 13.2. The lowest BCUT2D eigenvalue weighted by molar-refractivity contribution is -0.127. The number of carbonyl (C=O) groups excluding carboxylic acids is 1. The second kappa shape index (κ2) is 6.81. The normalized spacial score (nSPS) is 28.5. The minimum absolute atomic E-state index is 0.270. The van der Waals surface area contributed by atoms with Gasteiger partial charge in [-0.2, -0.15) is 0 Å². The van der Waals surface area contributed by atoms with Crippen LogP contribution in [-0.2, 0) is 9.53 Å². The first-order chi connectivity index (χ1) is 12.1. The van der Waals surface area contributed by atoms with E-state index in [4.69, 9.17) is 14.2 Å². The average molecular weight is 343 g/mol. The van der Waals surface area contributed by atoms with Crippen molar-refractivity contribution in [2.24, 2.45) is 5.41 Å². The van der Waals surface area contributed by atoms with Gasteiger partial charge < -0.3 is 14.2 Å². The molecule has 1 saturated carbocycles. The summed E-state index contributed by atoms with van der Waals surface area (Å²) in [5.41, 5.74) is 1.64. The van der Waals surface area contributed by atoms with Crippen LogP contribution in [0.5, 0.6) is 11.5 Å². The lowest BCUT2D eigenvalue weighted by atomic mass is 9.71. The summed E-state index contributed by atoms with van der Waals surface area (Å²) in [5.74, 6) is 1.82. The van der Waals surface area contributed by atoms with E-state index >= 15 is 0 Å². The van der Waals surface area contributed by atoms with E-state index in [1.54, 1.807) is 0 Å². The number of benzene rings is 1. The molecule has 1 aromatic rings. The van der Waals surface area contributed by atoms with Crippen molar-refractivity contribution in [1.29, 1.82) is 0 Å². The SMILES string of the molecule is CC1(CN2CCOCC2)CCC/C(=C\c2ccc3c(c2)OCO3)C1=O. The Bertz CT molecular complexity index is 693. The molecule has 1 saturated heterocycles. The van der Waals surface area contributed by atoms with E-state index in [2.05, 4.69) is 11.8 Å². The highest BCUT2D eigenvalue weighted by molar-refractivity contribution is 6.04. The minimum Gasteiger partial charge on any atom is -0.454 e. The molecule has 2 heterocycles. The third kappa shape index (κ3) is 3.44. The molecule has 5 heteroatoms. The van der Waals surface area contributed by atoms with Crippen LogP contribution in [0.25, 0.3) is 6.08 Å². The molecule has 0 N–H and O–H groups in total. The number of Topliss-reactive ketones (excluding diaryl/α,β-unsaturated/α-hetero) is 1. The van der Waals surface area contributed by atoms with Crippen molar-refractivity contribution >= 4 is 11.9 Å². The number of ketones is 1. The van der Waals surface area contributed by atoms with Crippen LogP contribution in [0.3, 0.4) is 0 Å². The maximum Gasteiger partial charge on any atom is 0.231 e. The largest absolute Gasteiger partial charge is 0.454 e. The fraction of sp³-hybridized carbons (Fsp3) is 0.550. The van der Waals surface area contributed by atoms with Crippen LogP contribution in [0, 0.1) is 5.41 Å². The molecule has 0 radical (unpaired) electrons. The monoisotopic (exact) mass is 343 g/mol. The van der Waals surface area contributed by atoms with Gasteiger partial charge in [0.25, 0.3) is 0 Å². The van der Waals surface area contributed by atoms with Gasteiger partial charge in [0.05, 0.1) is 13.2 Å². The molecule has 2 fully saturated rings. The Labute approximate surface area is 148 Å². The molecule has 1 atom stereocenters. The standard InChI is InChI=1S/C20H25NO4/c1-20(13-21-7-9-23-10-8-21)6-2-3-16(19(20)22)11-15-4-5-17-18(12-15)25-14-24-17/h4-5,11-12H,2-3,6-10,13-14H2,1H3/b16-11+. The topological polar surface area (TPSA) is 48.0 Å². The molecule has 0 aromatic heterocycles. The van der Waals surface area contributed by atoms with Crippen molar-refractivity contribution < 1.29 is 19.0 Å². The molecule has 1 aromatic carbocycles. The molecule has 1 aliphatic carbocycles.